The number of likely N-dealkylation sites (N-methyl/N-ethyl adjacent to an activating group) is 1. The number of carbonyl (C=O) groups is 3. The molecule has 38 heavy (non-hydrogen) atoms. The lowest BCUT2D eigenvalue weighted by Crippen LogP contribution is -2.57. The van der Waals surface area contributed by atoms with E-state index in [-0.39, 0.29) is 47.2 Å². The molecule has 1 aliphatic heterocycles. The predicted octanol–water partition coefficient (Wildman–Crippen LogP) is 4.67. The van der Waals surface area contributed by atoms with E-state index in [9.17, 15) is 18.8 Å². The molecule has 2 heterocycles. The van der Waals surface area contributed by atoms with Crippen molar-refractivity contribution < 1.29 is 18.8 Å². The molecule has 208 valence electrons. The molecule has 5 atom stereocenters. The number of nitrogens with one attached hydrogen (secondary N) is 3. The molecule has 1 saturated carbocycles. The Morgan fingerprint density at radius 1 is 1.16 bits per heavy atom. The Bertz CT molecular complexity index is 1140. The zero-order chi connectivity index (χ0) is 27.4. The second-order valence-electron chi connectivity index (χ2n) is 11.3. The maximum absolute atomic E-state index is 14.4. The molecule has 3 N–H and O–H groups in total. The molecule has 1 saturated heterocycles. The van der Waals surface area contributed by atoms with Crippen LogP contribution in [0.25, 0.3) is 10.9 Å². The molecule has 8 heteroatoms. The van der Waals surface area contributed by atoms with Crippen LogP contribution in [0.1, 0.15) is 83.6 Å². The highest BCUT2D eigenvalue weighted by molar-refractivity contribution is 5.90. The lowest BCUT2D eigenvalue weighted by Gasteiger charge is -2.39. The summed E-state index contributed by atoms with van der Waals surface area (Å²) in [5, 5.41) is 7.04. The fraction of sp³-hybridized carbons (Fsp3) is 0.633. The summed E-state index contributed by atoms with van der Waals surface area (Å²) in [5.41, 5.74) is 1.77. The minimum absolute atomic E-state index is 0.0241. The van der Waals surface area contributed by atoms with Gasteiger partial charge in [0.25, 0.3) is 0 Å². The van der Waals surface area contributed by atoms with Crippen molar-refractivity contribution in [1.29, 1.82) is 0 Å². The zero-order valence-corrected chi connectivity index (χ0v) is 23.2. The molecule has 1 aromatic heterocycles. The molecule has 2 fully saturated rings. The number of carbonyl (C=O) groups excluding carboxylic acids is 3. The van der Waals surface area contributed by atoms with Crippen molar-refractivity contribution in [3.8, 4) is 0 Å². The average molecular weight is 527 g/mol. The van der Waals surface area contributed by atoms with Gasteiger partial charge in [0.1, 0.15) is 17.6 Å². The van der Waals surface area contributed by atoms with Gasteiger partial charge in [-0.2, -0.15) is 0 Å². The van der Waals surface area contributed by atoms with E-state index in [4.69, 9.17) is 0 Å². The average Bonchev–Trinajstić information content (AvgIpc) is 3.51. The normalized spacial score (nSPS) is 22.8. The van der Waals surface area contributed by atoms with Crippen LogP contribution in [0, 0.1) is 17.7 Å². The van der Waals surface area contributed by atoms with Gasteiger partial charge in [-0.25, -0.2) is 4.39 Å². The SMILES string of the molecule is CC[C@H](c1c[nH]c2cc(F)ccc12)C1[C@H](CC(C)=O)CCN1C(=O)C(NC(=O)[C@H](C)NC)C1CCCCC1. The van der Waals surface area contributed by atoms with Crippen molar-refractivity contribution in [3.63, 3.8) is 0 Å². The Morgan fingerprint density at radius 2 is 1.89 bits per heavy atom. The Morgan fingerprint density at radius 3 is 2.55 bits per heavy atom. The third-order valence-electron chi connectivity index (χ3n) is 8.86. The third-order valence-corrected chi connectivity index (χ3v) is 8.86. The van der Waals surface area contributed by atoms with Gasteiger partial charge in [0.05, 0.1) is 6.04 Å². The highest BCUT2D eigenvalue weighted by Gasteiger charge is 2.46. The van der Waals surface area contributed by atoms with Crippen LogP contribution in [0.3, 0.4) is 0 Å². The van der Waals surface area contributed by atoms with Crippen LogP contribution in [0.4, 0.5) is 4.39 Å². The third kappa shape index (κ3) is 5.95. The highest BCUT2D eigenvalue weighted by atomic mass is 19.1. The molecule has 1 aromatic carbocycles. The number of rotatable bonds is 10. The first-order valence-corrected chi connectivity index (χ1v) is 14.3. The van der Waals surface area contributed by atoms with Gasteiger partial charge in [0.15, 0.2) is 0 Å². The lowest BCUT2D eigenvalue weighted by atomic mass is 9.79. The van der Waals surface area contributed by atoms with Gasteiger partial charge in [-0.3, -0.25) is 9.59 Å². The lowest BCUT2D eigenvalue weighted by molar-refractivity contribution is -0.140. The van der Waals surface area contributed by atoms with Crippen molar-refractivity contribution >= 4 is 28.5 Å². The molecule has 1 aliphatic carbocycles. The van der Waals surface area contributed by atoms with Crippen LogP contribution < -0.4 is 10.6 Å². The van der Waals surface area contributed by atoms with Crippen LogP contribution in [0.5, 0.6) is 0 Å². The molecule has 2 amide bonds. The monoisotopic (exact) mass is 526 g/mol. The van der Waals surface area contributed by atoms with Crippen molar-refractivity contribution in [2.75, 3.05) is 13.6 Å². The molecule has 0 spiro atoms. The second kappa shape index (κ2) is 12.4. The molecular weight excluding hydrogens is 483 g/mol. The number of amides is 2. The summed E-state index contributed by atoms with van der Waals surface area (Å²) in [4.78, 5) is 44.8. The van der Waals surface area contributed by atoms with Gasteiger partial charge in [-0.1, -0.05) is 26.2 Å². The molecule has 7 nitrogen and oxygen atoms in total. The molecular formula is C30H43FN4O3. The number of H-pyrrole nitrogens is 1. The quantitative estimate of drug-likeness (QED) is 0.419. The van der Waals surface area contributed by atoms with E-state index in [0.29, 0.717) is 13.0 Å². The van der Waals surface area contributed by atoms with Crippen LogP contribution in [0.2, 0.25) is 0 Å². The highest BCUT2D eigenvalue weighted by Crippen LogP contribution is 2.42. The Labute approximate surface area is 225 Å². The number of fused-ring (bicyclic) bond motifs is 1. The first-order chi connectivity index (χ1) is 18.2. The maximum atomic E-state index is 14.4. The number of hydrogen-bond acceptors (Lipinski definition) is 4. The zero-order valence-electron chi connectivity index (χ0n) is 23.2. The Hall–Kier alpha value is -2.74. The van der Waals surface area contributed by atoms with Gasteiger partial charge in [0.2, 0.25) is 11.8 Å². The minimum Gasteiger partial charge on any atom is -0.361 e. The maximum Gasteiger partial charge on any atom is 0.245 e. The van der Waals surface area contributed by atoms with E-state index in [1.54, 1.807) is 27.0 Å². The van der Waals surface area contributed by atoms with Gasteiger partial charge in [-0.15, -0.1) is 0 Å². The predicted molar refractivity (Wildman–Crippen MR) is 147 cm³/mol. The number of halogens is 1. The number of likely N-dealkylation sites (tertiary alicyclic amines) is 1. The van der Waals surface area contributed by atoms with E-state index in [0.717, 1.165) is 61.4 Å². The first-order valence-electron chi connectivity index (χ1n) is 14.3. The molecule has 2 aromatic rings. The van der Waals surface area contributed by atoms with Gasteiger partial charge in [0, 0.05) is 42.0 Å². The number of aromatic amines is 1. The topological polar surface area (TPSA) is 94.3 Å². The van der Waals surface area contributed by atoms with Crippen molar-refractivity contribution in [2.45, 2.75) is 96.2 Å². The number of benzene rings is 1. The molecule has 2 unspecified atom stereocenters. The van der Waals surface area contributed by atoms with Gasteiger partial charge >= 0.3 is 0 Å². The number of nitrogens with zero attached hydrogens (tertiary/aromatic N) is 1. The summed E-state index contributed by atoms with van der Waals surface area (Å²) in [6.07, 6.45) is 8.99. The fourth-order valence-electron chi connectivity index (χ4n) is 6.78. The second-order valence-corrected chi connectivity index (χ2v) is 11.3. The van der Waals surface area contributed by atoms with Crippen molar-refractivity contribution in [1.82, 2.24) is 20.5 Å². The summed E-state index contributed by atoms with van der Waals surface area (Å²) in [6, 6.07) is 3.60. The number of aromatic nitrogens is 1. The number of ketones is 1. The molecule has 4 rings (SSSR count). The van der Waals surface area contributed by atoms with Crippen LogP contribution in [0.15, 0.2) is 24.4 Å². The molecule has 0 radical (unpaired) electrons. The van der Waals surface area contributed by atoms with Crippen molar-refractivity contribution in [2.24, 2.45) is 11.8 Å². The number of hydrogen-bond donors (Lipinski definition) is 3. The summed E-state index contributed by atoms with van der Waals surface area (Å²) >= 11 is 0. The number of Topliss-reactive ketones (excluding diaryl/α,β-unsaturated/α-hetero) is 1. The van der Waals surface area contributed by atoms with Crippen LogP contribution in [-0.2, 0) is 14.4 Å². The van der Waals surface area contributed by atoms with E-state index < -0.39 is 12.1 Å². The summed E-state index contributed by atoms with van der Waals surface area (Å²) < 4.78 is 13.9. The standard InChI is InChI=1S/C30H43FN4O3/c1-5-23(25-17-33-26-16-22(31)11-12-24(25)26)28-21(15-18(2)36)13-14-35(28)30(38)27(20-9-7-6-8-10-20)34-29(37)19(3)32-4/h11-12,16-17,19-21,23,27-28,32-33H,5-10,13-15H2,1-4H3,(H,34,37)/t19-,21-,23+,27?,28?/m0/s1. The van der Waals surface area contributed by atoms with Gasteiger partial charge < -0.3 is 25.3 Å². The van der Waals surface area contributed by atoms with Gasteiger partial charge in [-0.05, 0) is 82.2 Å². The first kappa shape index (κ1) is 28.3. The largest absolute Gasteiger partial charge is 0.361 e. The Kier molecular flexibility index (Phi) is 9.23. The van der Waals surface area contributed by atoms with Crippen LogP contribution >= 0.6 is 0 Å². The van der Waals surface area contributed by atoms with E-state index >= 15 is 0 Å². The van der Waals surface area contributed by atoms with E-state index in [1.807, 2.05) is 11.1 Å². The summed E-state index contributed by atoms with van der Waals surface area (Å²) in [6.45, 7) is 6.08. The summed E-state index contributed by atoms with van der Waals surface area (Å²) in [5.74, 6) is -0.271. The fourth-order valence-corrected chi connectivity index (χ4v) is 6.78. The Balaban J connectivity index is 1.70. The van der Waals surface area contributed by atoms with E-state index in [1.165, 1.54) is 12.1 Å². The van der Waals surface area contributed by atoms with E-state index in [2.05, 4.69) is 22.5 Å². The smallest absolute Gasteiger partial charge is 0.245 e. The van der Waals surface area contributed by atoms with Crippen molar-refractivity contribution in [3.05, 3.63) is 35.8 Å². The van der Waals surface area contributed by atoms with Crippen LogP contribution in [-0.4, -0.2) is 59.2 Å². The minimum atomic E-state index is -0.577. The summed E-state index contributed by atoms with van der Waals surface area (Å²) in [7, 11) is 1.74. The molecule has 2 aliphatic rings. The molecule has 0 bridgehead atoms.